The van der Waals surface area contributed by atoms with E-state index >= 15 is 0 Å². The monoisotopic (exact) mass is 330 g/mol. The Balaban J connectivity index is 1.37. The molecule has 2 saturated heterocycles. The minimum Gasteiger partial charge on any atom is -0.374 e. The second-order valence-corrected chi connectivity index (χ2v) is 7.67. The first-order valence-electron chi connectivity index (χ1n) is 9.77. The van der Waals surface area contributed by atoms with Gasteiger partial charge in [-0.05, 0) is 43.7 Å². The third kappa shape index (κ3) is 3.81. The zero-order chi connectivity index (χ0) is 16.2. The van der Waals surface area contributed by atoms with E-state index in [1.54, 1.807) is 0 Å². The van der Waals surface area contributed by atoms with Crippen LogP contribution in [0.25, 0.3) is 0 Å². The van der Waals surface area contributed by atoms with Crippen molar-refractivity contribution in [1.29, 1.82) is 0 Å². The number of ether oxygens (including phenoxy) is 2. The number of likely N-dealkylation sites (tertiary alicyclic amines) is 1. The molecule has 1 aromatic heterocycles. The second kappa shape index (κ2) is 7.94. The fraction of sp³-hybridized carbons (Fsp3) is 0.750. The van der Waals surface area contributed by atoms with Gasteiger partial charge >= 0.3 is 0 Å². The zero-order valence-electron chi connectivity index (χ0n) is 14.6. The lowest BCUT2D eigenvalue weighted by atomic mass is 9.88. The maximum absolute atomic E-state index is 6.25. The van der Waals surface area contributed by atoms with Crippen molar-refractivity contribution in [3.05, 3.63) is 30.1 Å². The number of hydrogen-bond donors (Lipinski definition) is 0. The van der Waals surface area contributed by atoms with Gasteiger partial charge in [-0.15, -0.1) is 0 Å². The molecular weight excluding hydrogens is 300 g/mol. The number of hydrogen-bond acceptors (Lipinski definition) is 4. The summed E-state index contributed by atoms with van der Waals surface area (Å²) in [5.74, 6) is 0.885. The standard InChI is InChI=1S/C20H30N2O2/c1-2-7-16(8-3-1)13-22-14-19(20-18(22)10-6-12-23-20)24-15-17-9-4-5-11-21-17/h4-5,9,11,16,18-20H,1-3,6-8,10,12-15H2/t18-,19+,20+/m1/s1. The van der Waals surface area contributed by atoms with Gasteiger partial charge in [-0.25, -0.2) is 0 Å². The van der Waals surface area contributed by atoms with Crippen molar-refractivity contribution < 1.29 is 9.47 Å². The smallest absolute Gasteiger partial charge is 0.100 e. The molecule has 1 saturated carbocycles. The lowest BCUT2D eigenvalue weighted by Crippen LogP contribution is -2.43. The summed E-state index contributed by atoms with van der Waals surface area (Å²) in [4.78, 5) is 7.06. The van der Waals surface area contributed by atoms with Crippen molar-refractivity contribution in [3.63, 3.8) is 0 Å². The fourth-order valence-electron chi connectivity index (χ4n) is 4.74. The van der Waals surface area contributed by atoms with Gasteiger partial charge in [0.1, 0.15) is 6.10 Å². The summed E-state index contributed by atoms with van der Waals surface area (Å²) < 4.78 is 12.4. The molecule has 4 nitrogen and oxygen atoms in total. The normalized spacial score (nSPS) is 31.9. The van der Waals surface area contributed by atoms with Crippen LogP contribution < -0.4 is 0 Å². The van der Waals surface area contributed by atoms with Crippen LogP contribution >= 0.6 is 0 Å². The van der Waals surface area contributed by atoms with Crippen LogP contribution in [0.3, 0.4) is 0 Å². The topological polar surface area (TPSA) is 34.6 Å². The van der Waals surface area contributed by atoms with Crippen LogP contribution in [0.5, 0.6) is 0 Å². The molecule has 0 unspecified atom stereocenters. The molecule has 4 rings (SSSR count). The molecule has 4 heteroatoms. The van der Waals surface area contributed by atoms with Crippen LogP contribution in [0.15, 0.2) is 24.4 Å². The summed E-state index contributed by atoms with van der Waals surface area (Å²) in [6.07, 6.45) is 11.8. The predicted octanol–water partition coefficient (Wildman–Crippen LogP) is 3.41. The number of pyridine rings is 1. The van der Waals surface area contributed by atoms with E-state index in [4.69, 9.17) is 9.47 Å². The van der Waals surface area contributed by atoms with E-state index in [0.717, 1.165) is 24.8 Å². The SMILES string of the molecule is c1ccc(CO[C@H]2CN(CC3CCCCC3)[C@@H]3CCCO[C@H]23)nc1. The van der Waals surface area contributed by atoms with Gasteiger partial charge in [-0.2, -0.15) is 0 Å². The number of nitrogens with zero attached hydrogens (tertiary/aromatic N) is 2. The minimum absolute atomic E-state index is 0.195. The van der Waals surface area contributed by atoms with Crippen molar-refractivity contribution in [3.8, 4) is 0 Å². The Morgan fingerprint density at radius 2 is 2.04 bits per heavy atom. The van der Waals surface area contributed by atoms with E-state index in [0.29, 0.717) is 12.6 Å². The lowest BCUT2D eigenvalue weighted by Gasteiger charge is -2.34. The largest absolute Gasteiger partial charge is 0.374 e. The highest BCUT2D eigenvalue weighted by atomic mass is 16.5. The molecule has 0 amide bonds. The summed E-state index contributed by atoms with van der Waals surface area (Å²) in [6.45, 7) is 3.75. The fourth-order valence-corrected chi connectivity index (χ4v) is 4.74. The Morgan fingerprint density at radius 1 is 1.12 bits per heavy atom. The summed E-state index contributed by atoms with van der Waals surface area (Å²) in [7, 11) is 0. The number of rotatable bonds is 5. The van der Waals surface area contributed by atoms with Gasteiger partial charge < -0.3 is 9.47 Å². The van der Waals surface area contributed by atoms with Crippen molar-refractivity contribution in [2.24, 2.45) is 5.92 Å². The van der Waals surface area contributed by atoms with Crippen molar-refractivity contribution in [2.75, 3.05) is 19.7 Å². The van der Waals surface area contributed by atoms with Crippen LogP contribution in [0.1, 0.15) is 50.6 Å². The quantitative estimate of drug-likeness (QED) is 0.829. The Kier molecular flexibility index (Phi) is 5.46. The van der Waals surface area contributed by atoms with E-state index in [9.17, 15) is 0 Å². The Bertz CT molecular complexity index is 504. The van der Waals surface area contributed by atoms with Crippen LogP contribution in [-0.4, -0.2) is 47.8 Å². The first-order chi connectivity index (χ1) is 11.9. The summed E-state index contributed by atoms with van der Waals surface area (Å²) in [6, 6.07) is 6.57. The van der Waals surface area contributed by atoms with Crippen LogP contribution in [0.4, 0.5) is 0 Å². The molecule has 1 aromatic rings. The Labute approximate surface area is 145 Å². The van der Waals surface area contributed by atoms with E-state index < -0.39 is 0 Å². The zero-order valence-corrected chi connectivity index (χ0v) is 14.6. The molecule has 0 N–H and O–H groups in total. The van der Waals surface area contributed by atoms with E-state index in [1.807, 2.05) is 24.4 Å². The molecule has 0 spiro atoms. The Morgan fingerprint density at radius 3 is 2.88 bits per heavy atom. The van der Waals surface area contributed by atoms with Crippen LogP contribution in [-0.2, 0) is 16.1 Å². The number of aromatic nitrogens is 1. The first-order valence-corrected chi connectivity index (χ1v) is 9.77. The van der Waals surface area contributed by atoms with Gasteiger partial charge in [0.05, 0.1) is 18.4 Å². The molecule has 1 aliphatic carbocycles. The van der Waals surface area contributed by atoms with Crippen LogP contribution in [0, 0.1) is 5.92 Å². The van der Waals surface area contributed by atoms with E-state index in [2.05, 4.69) is 9.88 Å². The summed E-state index contributed by atoms with van der Waals surface area (Å²) >= 11 is 0. The molecule has 24 heavy (non-hydrogen) atoms. The third-order valence-corrected chi connectivity index (χ3v) is 5.97. The average molecular weight is 330 g/mol. The van der Waals surface area contributed by atoms with Gasteiger partial charge in [0, 0.05) is 31.9 Å². The molecular formula is C20H30N2O2. The molecule has 3 aliphatic rings. The molecule has 3 heterocycles. The summed E-state index contributed by atoms with van der Waals surface area (Å²) in [5.41, 5.74) is 1.01. The first kappa shape index (κ1) is 16.5. The molecule has 3 atom stereocenters. The van der Waals surface area contributed by atoms with Crippen molar-refractivity contribution in [1.82, 2.24) is 9.88 Å². The maximum Gasteiger partial charge on any atom is 0.100 e. The second-order valence-electron chi connectivity index (χ2n) is 7.67. The van der Waals surface area contributed by atoms with Gasteiger partial charge in [-0.1, -0.05) is 25.3 Å². The molecule has 0 radical (unpaired) electrons. The van der Waals surface area contributed by atoms with Crippen LogP contribution in [0.2, 0.25) is 0 Å². The van der Waals surface area contributed by atoms with E-state index in [-0.39, 0.29) is 12.2 Å². The molecule has 0 aromatic carbocycles. The third-order valence-electron chi connectivity index (χ3n) is 5.97. The predicted molar refractivity (Wildman–Crippen MR) is 93.7 cm³/mol. The summed E-state index contributed by atoms with van der Waals surface area (Å²) in [5, 5.41) is 0. The highest BCUT2D eigenvalue weighted by molar-refractivity contribution is 5.03. The van der Waals surface area contributed by atoms with Crippen molar-refractivity contribution >= 4 is 0 Å². The molecule has 2 aliphatic heterocycles. The molecule has 0 bridgehead atoms. The minimum atomic E-state index is 0.195. The molecule has 132 valence electrons. The lowest BCUT2D eigenvalue weighted by molar-refractivity contribution is -0.0825. The highest BCUT2D eigenvalue weighted by Gasteiger charge is 2.45. The average Bonchev–Trinajstić information content (AvgIpc) is 3.00. The number of fused-ring (bicyclic) bond motifs is 1. The van der Waals surface area contributed by atoms with Gasteiger partial charge in [0.2, 0.25) is 0 Å². The highest BCUT2D eigenvalue weighted by Crippen LogP contribution is 2.34. The van der Waals surface area contributed by atoms with Gasteiger partial charge in [-0.3, -0.25) is 9.88 Å². The molecule has 3 fully saturated rings. The van der Waals surface area contributed by atoms with Gasteiger partial charge in [0.25, 0.3) is 0 Å². The van der Waals surface area contributed by atoms with E-state index in [1.165, 1.54) is 51.5 Å². The van der Waals surface area contributed by atoms with Gasteiger partial charge in [0.15, 0.2) is 0 Å². The van der Waals surface area contributed by atoms with Crippen molar-refractivity contribution in [2.45, 2.75) is 69.8 Å². The Hall–Kier alpha value is -0.970. The maximum atomic E-state index is 6.25.